The summed E-state index contributed by atoms with van der Waals surface area (Å²) in [6, 6.07) is 9.77. The van der Waals surface area contributed by atoms with Crippen molar-refractivity contribution in [3.8, 4) is 0 Å². The largest absolute Gasteiger partial charge is 0.353 e. The molecular weight excluding hydrogens is 342 g/mol. The topological polar surface area (TPSA) is 54.0 Å². The fraction of sp³-hybridized carbons (Fsp3) is 0.294. The molecule has 0 saturated carbocycles. The lowest BCUT2D eigenvalue weighted by atomic mass is 9.96. The molecule has 0 aliphatic carbocycles. The van der Waals surface area contributed by atoms with Crippen molar-refractivity contribution in [1.29, 1.82) is 0 Å². The van der Waals surface area contributed by atoms with Crippen molar-refractivity contribution in [3.05, 3.63) is 46.6 Å². The Morgan fingerprint density at radius 1 is 1.18 bits per heavy atom. The summed E-state index contributed by atoms with van der Waals surface area (Å²) < 4.78 is 0.998. The van der Waals surface area contributed by atoms with Crippen molar-refractivity contribution in [2.24, 2.45) is 5.41 Å². The number of aromatic nitrogens is 1. The Kier molecular flexibility index (Phi) is 4.86. The Morgan fingerprint density at radius 3 is 2.45 bits per heavy atom. The molecule has 0 aliphatic rings. The third-order valence-corrected chi connectivity index (χ3v) is 3.75. The normalized spacial score (nSPS) is 11.1. The van der Waals surface area contributed by atoms with Crippen LogP contribution in [0, 0.1) is 12.3 Å². The summed E-state index contributed by atoms with van der Waals surface area (Å²) in [5.74, 6) is 0.496. The summed E-state index contributed by atoms with van der Waals surface area (Å²) in [6.45, 7) is 7.65. The van der Waals surface area contributed by atoms with Crippen LogP contribution in [0.15, 0.2) is 41.0 Å². The van der Waals surface area contributed by atoms with Gasteiger partial charge in [-0.05, 0) is 52.7 Å². The van der Waals surface area contributed by atoms with E-state index in [4.69, 9.17) is 0 Å². The van der Waals surface area contributed by atoms with Gasteiger partial charge in [-0.15, -0.1) is 0 Å². The third-order valence-electron chi connectivity index (χ3n) is 3.09. The van der Waals surface area contributed by atoms with Gasteiger partial charge in [-0.1, -0.05) is 26.8 Å². The van der Waals surface area contributed by atoms with Crippen LogP contribution < -0.4 is 10.6 Å². The number of halogens is 1. The number of carbonyl (C=O) groups is 1. The maximum absolute atomic E-state index is 11.9. The first kappa shape index (κ1) is 16.5. The maximum Gasteiger partial charge on any atom is 0.230 e. The number of carbonyl (C=O) groups excluding carboxylic acids is 1. The van der Waals surface area contributed by atoms with Crippen molar-refractivity contribution in [3.63, 3.8) is 0 Å². The molecule has 0 radical (unpaired) electrons. The summed E-state index contributed by atoms with van der Waals surface area (Å²) in [5.41, 5.74) is 2.58. The summed E-state index contributed by atoms with van der Waals surface area (Å²) in [6.07, 6.45) is 1.70. The van der Waals surface area contributed by atoms with Crippen molar-refractivity contribution in [2.45, 2.75) is 27.7 Å². The molecule has 1 amide bonds. The average molecular weight is 362 g/mol. The van der Waals surface area contributed by atoms with Gasteiger partial charge in [0.25, 0.3) is 0 Å². The van der Waals surface area contributed by atoms with Gasteiger partial charge in [0.1, 0.15) is 5.82 Å². The molecule has 22 heavy (non-hydrogen) atoms. The van der Waals surface area contributed by atoms with Crippen LogP contribution in [0.1, 0.15) is 26.3 Å². The fourth-order valence-corrected chi connectivity index (χ4v) is 2.31. The second kappa shape index (κ2) is 6.48. The van der Waals surface area contributed by atoms with Gasteiger partial charge in [-0.2, -0.15) is 0 Å². The molecule has 2 rings (SSSR count). The van der Waals surface area contributed by atoms with E-state index in [0.717, 1.165) is 15.8 Å². The third kappa shape index (κ3) is 4.31. The lowest BCUT2D eigenvalue weighted by molar-refractivity contribution is -0.123. The van der Waals surface area contributed by atoms with Crippen molar-refractivity contribution in [1.82, 2.24) is 4.98 Å². The number of anilines is 3. The molecule has 0 saturated heterocycles. The van der Waals surface area contributed by atoms with Gasteiger partial charge in [-0.25, -0.2) is 4.98 Å². The number of hydrogen-bond acceptors (Lipinski definition) is 3. The van der Waals surface area contributed by atoms with E-state index in [1.165, 1.54) is 5.56 Å². The predicted molar refractivity (Wildman–Crippen MR) is 94.5 cm³/mol. The van der Waals surface area contributed by atoms with E-state index in [2.05, 4.69) is 31.5 Å². The Hall–Kier alpha value is -1.88. The highest BCUT2D eigenvalue weighted by Gasteiger charge is 2.21. The van der Waals surface area contributed by atoms with Crippen molar-refractivity contribution in [2.75, 3.05) is 10.6 Å². The Balaban J connectivity index is 2.07. The van der Waals surface area contributed by atoms with Crippen LogP contribution in [0.25, 0.3) is 0 Å². The van der Waals surface area contributed by atoms with E-state index < -0.39 is 5.41 Å². The van der Waals surface area contributed by atoms with Gasteiger partial charge in [0.2, 0.25) is 5.91 Å². The molecule has 0 bridgehead atoms. The first-order chi connectivity index (χ1) is 10.3. The summed E-state index contributed by atoms with van der Waals surface area (Å²) in [4.78, 5) is 16.2. The number of pyridine rings is 1. The molecule has 5 heteroatoms. The van der Waals surface area contributed by atoms with E-state index in [9.17, 15) is 4.79 Å². The van der Waals surface area contributed by atoms with Crippen LogP contribution in [-0.4, -0.2) is 10.9 Å². The van der Waals surface area contributed by atoms with Crippen LogP contribution in [-0.2, 0) is 4.79 Å². The van der Waals surface area contributed by atoms with E-state index >= 15 is 0 Å². The first-order valence-corrected chi connectivity index (χ1v) is 7.86. The van der Waals surface area contributed by atoms with E-state index in [1.54, 1.807) is 12.3 Å². The Morgan fingerprint density at radius 2 is 1.91 bits per heavy atom. The highest BCUT2D eigenvalue weighted by atomic mass is 79.9. The van der Waals surface area contributed by atoms with Gasteiger partial charge >= 0.3 is 0 Å². The van der Waals surface area contributed by atoms with Crippen LogP contribution in [0.3, 0.4) is 0 Å². The molecule has 2 aromatic rings. The number of nitrogens with one attached hydrogen (secondary N) is 2. The zero-order valence-electron chi connectivity index (χ0n) is 13.2. The molecule has 0 aliphatic heterocycles. The van der Waals surface area contributed by atoms with Crippen LogP contribution >= 0.6 is 15.9 Å². The molecule has 1 heterocycles. The molecule has 0 spiro atoms. The molecule has 116 valence electrons. The summed E-state index contributed by atoms with van der Waals surface area (Å²) in [5, 5.41) is 6.09. The number of amides is 1. The molecule has 0 atom stereocenters. The minimum absolute atomic E-state index is 0.0537. The van der Waals surface area contributed by atoms with E-state index in [0.29, 0.717) is 5.82 Å². The minimum Gasteiger partial charge on any atom is -0.353 e. The molecule has 1 aromatic carbocycles. The monoisotopic (exact) mass is 361 g/mol. The summed E-state index contributed by atoms with van der Waals surface area (Å²) in [7, 11) is 0. The van der Waals surface area contributed by atoms with Crippen LogP contribution in [0.2, 0.25) is 0 Å². The second-order valence-electron chi connectivity index (χ2n) is 6.24. The number of aryl methyl sites for hydroxylation is 1. The molecule has 0 fully saturated rings. The zero-order valence-corrected chi connectivity index (χ0v) is 14.8. The summed E-state index contributed by atoms with van der Waals surface area (Å²) >= 11 is 3.53. The SMILES string of the molecule is Cc1ccc(Nc2ccc(NC(=O)C(C)(C)C)nc2)c(Br)c1. The van der Waals surface area contributed by atoms with Crippen molar-refractivity contribution < 1.29 is 4.79 Å². The second-order valence-corrected chi connectivity index (χ2v) is 7.10. The Bertz CT molecular complexity index is 675. The first-order valence-electron chi connectivity index (χ1n) is 7.06. The number of rotatable bonds is 3. The molecule has 4 nitrogen and oxygen atoms in total. The minimum atomic E-state index is -0.439. The molecular formula is C17H20BrN3O. The Labute approximate surface area is 139 Å². The van der Waals surface area contributed by atoms with Gasteiger partial charge in [0.15, 0.2) is 0 Å². The van der Waals surface area contributed by atoms with Crippen LogP contribution in [0.4, 0.5) is 17.2 Å². The molecule has 2 N–H and O–H groups in total. The smallest absolute Gasteiger partial charge is 0.230 e. The van der Waals surface area contributed by atoms with Crippen LogP contribution in [0.5, 0.6) is 0 Å². The zero-order chi connectivity index (χ0) is 16.3. The predicted octanol–water partition coefficient (Wildman–Crippen LogP) is 4.88. The highest BCUT2D eigenvalue weighted by molar-refractivity contribution is 9.10. The van der Waals surface area contributed by atoms with Gasteiger partial charge in [0.05, 0.1) is 17.6 Å². The van der Waals surface area contributed by atoms with Gasteiger partial charge < -0.3 is 10.6 Å². The van der Waals surface area contributed by atoms with Gasteiger partial charge in [-0.3, -0.25) is 4.79 Å². The van der Waals surface area contributed by atoms with Crippen molar-refractivity contribution >= 4 is 39.0 Å². The van der Waals surface area contributed by atoms with E-state index in [1.807, 2.05) is 52.0 Å². The maximum atomic E-state index is 11.9. The number of hydrogen-bond donors (Lipinski definition) is 2. The highest BCUT2D eigenvalue weighted by Crippen LogP contribution is 2.27. The quantitative estimate of drug-likeness (QED) is 0.818. The standard InChI is InChI=1S/C17H20BrN3O/c1-11-5-7-14(13(18)9-11)20-12-6-8-15(19-10-12)21-16(22)17(2,3)4/h5-10,20H,1-4H3,(H,19,21,22). The average Bonchev–Trinajstić information content (AvgIpc) is 2.43. The molecule has 0 unspecified atom stereocenters. The fourth-order valence-electron chi connectivity index (χ4n) is 1.72. The lowest BCUT2D eigenvalue weighted by Crippen LogP contribution is -2.27. The van der Waals surface area contributed by atoms with E-state index in [-0.39, 0.29) is 5.91 Å². The molecule has 1 aromatic heterocycles. The number of nitrogens with zero attached hydrogens (tertiary/aromatic N) is 1. The number of benzene rings is 1. The van der Waals surface area contributed by atoms with Gasteiger partial charge in [0, 0.05) is 9.89 Å². The lowest BCUT2D eigenvalue weighted by Gasteiger charge is -2.17.